The standard InChI is InChI=1S/C25H28N8O3/c26-22-21-19(15-2-1-3-18(8-15)35-13-25-6-4-17(36-25)5-7-25)12-33(23(21)28-14-27-22)16-9-24(34,10-16)11-20-29-31-32-30-20/h1-3,8,12,14,16-17,34H,4-7,9-11,13H2,(H2,26,27,28)(H,29,30,31,32). The smallest absolute Gasteiger partial charge is 0.177 e. The molecular formula is C25H28N8O3. The topological polar surface area (TPSA) is 150 Å². The van der Waals surface area contributed by atoms with Crippen LogP contribution in [-0.2, 0) is 11.2 Å². The van der Waals surface area contributed by atoms with Crippen LogP contribution >= 0.6 is 0 Å². The van der Waals surface area contributed by atoms with Crippen molar-refractivity contribution in [2.45, 2.75) is 68.3 Å². The van der Waals surface area contributed by atoms with Gasteiger partial charge in [-0.25, -0.2) is 9.97 Å². The number of hydrogen-bond donors (Lipinski definition) is 3. The molecule has 3 aromatic heterocycles. The average Bonchev–Trinajstić information content (AvgIpc) is 3.66. The Morgan fingerprint density at radius 2 is 2.08 bits per heavy atom. The highest BCUT2D eigenvalue weighted by molar-refractivity contribution is 6.00. The number of aliphatic hydroxyl groups is 1. The highest BCUT2D eigenvalue weighted by Crippen LogP contribution is 2.47. The molecule has 3 fully saturated rings. The quantitative estimate of drug-likeness (QED) is 0.357. The molecule has 11 nitrogen and oxygen atoms in total. The Balaban J connectivity index is 1.16. The molecule has 2 bridgehead atoms. The van der Waals surface area contributed by atoms with Crippen LogP contribution < -0.4 is 10.5 Å². The van der Waals surface area contributed by atoms with Crippen molar-refractivity contribution in [2.75, 3.05) is 12.3 Å². The van der Waals surface area contributed by atoms with Crippen LogP contribution in [0.5, 0.6) is 5.75 Å². The summed E-state index contributed by atoms with van der Waals surface area (Å²) >= 11 is 0. The van der Waals surface area contributed by atoms with E-state index in [9.17, 15) is 5.11 Å². The van der Waals surface area contributed by atoms with Gasteiger partial charge in [-0.1, -0.05) is 17.3 Å². The summed E-state index contributed by atoms with van der Waals surface area (Å²) in [5, 5.41) is 25.8. The summed E-state index contributed by atoms with van der Waals surface area (Å²) in [4.78, 5) is 8.81. The minimum Gasteiger partial charge on any atom is -0.491 e. The van der Waals surface area contributed by atoms with Crippen molar-refractivity contribution in [3.05, 3.63) is 42.6 Å². The van der Waals surface area contributed by atoms with Crippen molar-refractivity contribution in [1.29, 1.82) is 0 Å². The first kappa shape index (κ1) is 21.7. The van der Waals surface area contributed by atoms with Crippen LogP contribution in [0.1, 0.15) is 50.4 Å². The normalized spacial score (nSPS) is 29.0. The first-order valence-electron chi connectivity index (χ1n) is 12.5. The van der Waals surface area contributed by atoms with E-state index in [1.165, 1.54) is 6.33 Å². The zero-order chi connectivity index (χ0) is 24.3. The summed E-state index contributed by atoms with van der Waals surface area (Å²) in [5.41, 5.74) is 8.02. The minimum absolute atomic E-state index is 0.0702. The molecular weight excluding hydrogens is 460 g/mol. The molecule has 0 radical (unpaired) electrons. The molecule has 0 spiro atoms. The van der Waals surface area contributed by atoms with Gasteiger partial charge in [0.1, 0.15) is 35.7 Å². The Bertz CT molecular complexity index is 1400. The Labute approximate surface area is 207 Å². The number of nitrogens with two attached hydrogens (primary N) is 1. The van der Waals surface area contributed by atoms with Gasteiger partial charge in [-0.3, -0.25) is 0 Å². The number of nitrogens with one attached hydrogen (secondary N) is 1. The number of ether oxygens (including phenoxy) is 2. The summed E-state index contributed by atoms with van der Waals surface area (Å²) in [5.74, 6) is 1.74. The Morgan fingerprint density at radius 3 is 2.83 bits per heavy atom. The zero-order valence-electron chi connectivity index (χ0n) is 19.8. The largest absolute Gasteiger partial charge is 0.491 e. The predicted octanol–water partition coefficient (Wildman–Crippen LogP) is 2.59. The summed E-state index contributed by atoms with van der Waals surface area (Å²) < 4.78 is 14.5. The van der Waals surface area contributed by atoms with Crippen LogP contribution in [0.15, 0.2) is 36.8 Å². The van der Waals surface area contributed by atoms with Gasteiger partial charge >= 0.3 is 0 Å². The van der Waals surface area contributed by atoms with Crippen molar-refractivity contribution < 1.29 is 14.6 Å². The molecule has 0 unspecified atom stereocenters. The number of benzene rings is 1. The zero-order valence-corrected chi connectivity index (χ0v) is 19.8. The predicted molar refractivity (Wildman–Crippen MR) is 130 cm³/mol. The monoisotopic (exact) mass is 488 g/mol. The van der Waals surface area contributed by atoms with E-state index in [0.29, 0.717) is 43.6 Å². The Kier molecular flexibility index (Phi) is 4.80. The number of hydrogen-bond acceptors (Lipinski definition) is 9. The number of rotatable bonds is 7. The van der Waals surface area contributed by atoms with E-state index in [2.05, 4.69) is 41.4 Å². The third kappa shape index (κ3) is 3.61. The van der Waals surface area contributed by atoms with E-state index in [4.69, 9.17) is 15.2 Å². The molecule has 2 saturated heterocycles. The lowest BCUT2D eigenvalue weighted by atomic mass is 9.73. The molecule has 186 valence electrons. The van der Waals surface area contributed by atoms with E-state index in [-0.39, 0.29) is 11.6 Å². The lowest BCUT2D eigenvalue weighted by Crippen LogP contribution is -2.46. The highest BCUT2D eigenvalue weighted by Gasteiger charge is 2.47. The lowest BCUT2D eigenvalue weighted by Gasteiger charge is -2.43. The SMILES string of the molecule is Nc1ncnc2c1c(-c1cccc(OCC34CCC(CC3)O4)c1)cn2C1CC(O)(Cc2nn[nH]n2)C1. The van der Waals surface area contributed by atoms with Crippen molar-refractivity contribution in [1.82, 2.24) is 35.2 Å². The van der Waals surface area contributed by atoms with Gasteiger partial charge < -0.3 is 24.9 Å². The number of anilines is 1. The second kappa shape index (κ2) is 7.97. The molecule has 3 aliphatic rings. The van der Waals surface area contributed by atoms with Crippen LogP contribution in [0.4, 0.5) is 5.82 Å². The van der Waals surface area contributed by atoms with Crippen molar-refractivity contribution in [2.24, 2.45) is 0 Å². The van der Waals surface area contributed by atoms with E-state index in [0.717, 1.165) is 53.6 Å². The van der Waals surface area contributed by atoms with Gasteiger partial charge in [0.2, 0.25) is 0 Å². The lowest BCUT2D eigenvalue weighted by molar-refractivity contribution is -0.0669. The first-order chi connectivity index (χ1) is 17.5. The van der Waals surface area contributed by atoms with E-state index < -0.39 is 5.60 Å². The van der Waals surface area contributed by atoms with Crippen molar-refractivity contribution in [3.8, 4) is 16.9 Å². The summed E-state index contributed by atoms with van der Waals surface area (Å²) in [7, 11) is 0. The van der Waals surface area contributed by atoms with Crippen molar-refractivity contribution >= 4 is 16.9 Å². The number of nitrogens with zero attached hydrogens (tertiary/aromatic N) is 6. The number of tetrazole rings is 1. The van der Waals surface area contributed by atoms with Gasteiger partial charge in [0, 0.05) is 24.2 Å². The van der Waals surface area contributed by atoms with Crippen LogP contribution in [-0.4, -0.2) is 64.2 Å². The van der Waals surface area contributed by atoms with Gasteiger partial charge in [0.15, 0.2) is 5.82 Å². The third-order valence-electron chi connectivity index (χ3n) is 8.05. The molecule has 4 N–H and O–H groups in total. The number of aromatic amines is 1. The Hall–Kier alpha value is -3.57. The fourth-order valence-electron chi connectivity index (χ4n) is 6.17. The first-order valence-corrected chi connectivity index (χ1v) is 12.5. The second-order valence-electron chi connectivity index (χ2n) is 10.5. The number of aromatic nitrogens is 7. The molecule has 7 rings (SSSR count). The molecule has 1 aromatic carbocycles. The van der Waals surface area contributed by atoms with E-state index in [1.54, 1.807) is 0 Å². The maximum Gasteiger partial charge on any atom is 0.177 e. The molecule has 1 saturated carbocycles. The maximum absolute atomic E-state index is 11.0. The summed E-state index contributed by atoms with van der Waals surface area (Å²) in [6, 6.07) is 8.12. The summed E-state index contributed by atoms with van der Waals surface area (Å²) in [6.07, 6.45) is 9.83. The number of fused-ring (bicyclic) bond motifs is 3. The molecule has 36 heavy (non-hydrogen) atoms. The molecule has 4 aromatic rings. The summed E-state index contributed by atoms with van der Waals surface area (Å²) in [6.45, 7) is 0.570. The van der Waals surface area contributed by atoms with Crippen LogP contribution in [0, 0.1) is 0 Å². The van der Waals surface area contributed by atoms with Crippen LogP contribution in [0.25, 0.3) is 22.2 Å². The third-order valence-corrected chi connectivity index (χ3v) is 8.05. The molecule has 5 heterocycles. The fraction of sp³-hybridized carbons (Fsp3) is 0.480. The molecule has 2 aliphatic heterocycles. The van der Waals surface area contributed by atoms with E-state index in [1.807, 2.05) is 24.3 Å². The molecule has 1 aliphatic carbocycles. The van der Waals surface area contributed by atoms with Gasteiger partial charge in [-0.2, -0.15) is 5.21 Å². The number of nitrogen functional groups attached to an aromatic ring is 1. The fourth-order valence-corrected chi connectivity index (χ4v) is 6.17. The van der Waals surface area contributed by atoms with Gasteiger partial charge in [-0.15, -0.1) is 10.2 Å². The van der Waals surface area contributed by atoms with Crippen molar-refractivity contribution in [3.63, 3.8) is 0 Å². The van der Waals surface area contributed by atoms with Gasteiger partial charge in [-0.05, 0) is 56.2 Å². The van der Waals surface area contributed by atoms with E-state index >= 15 is 0 Å². The minimum atomic E-state index is -0.876. The van der Waals surface area contributed by atoms with Crippen LogP contribution in [0.3, 0.4) is 0 Å². The molecule has 0 atom stereocenters. The molecule has 11 heteroatoms. The number of H-pyrrole nitrogens is 1. The Morgan fingerprint density at radius 1 is 1.22 bits per heavy atom. The van der Waals surface area contributed by atoms with Gasteiger partial charge in [0.05, 0.1) is 17.1 Å². The van der Waals surface area contributed by atoms with Gasteiger partial charge in [0.25, 0.3) is 0 Å². The molecule has 0 amide bonds. The maximum atomic E-state index is 11.0. The van der Waals surface area contributed by atoms with Crippen LogP contribution in [0.2, 0.25) is 0 Å². The second-order valence-corrected chi connectivity index (χ2v) is 10.5. The average molecular weight is 489 g/mol. The highest BCUT2D eigenvalue weighted by atomic mass is 16.6.